The zero-order valence-electron chi connectivity index (χ0n) is 17.2. The molecule has 1 aliphatic heterocycles. The fourth-order valence-electron chi connectivity index (χ4n) is 3.48. The molecule has 8 heteroatoms. The molecule has 0 amide bonds. The number of terminal acetylenes is 1. The molecule has 7 nitrogen and oxygen atoms in total. The molecule has 1 aliphatic rings. The van der Waals surface area contributed by atoms with Crippen molar-refractivity contribution in [1.82, 2.24) is 19.6 Å². The minimum absolute atomic E-state index is 0.0588. The van der Waals surface area contributed by atoms with Gasteiger partial charge >= 0.3 is 0 Å². The number of anilines is 1. The molecule has 3 aromatic heterocycles. The van der Waals surface area contributed by atoms with Gasteiger partial charge in [-0.2, -0.15) is 0 Å². The molecule has 0 saturated carbocycles. The van der Waals surface area contributed by atoms with Crippen LogP contribution in [0.5, 0.6) is 0 Å². The quantitative estimate of drug-likeness (QED) is 0.647. The first kappa shape index (κ1) is 20.3. The minimum atomic E-state index is -0.674. The molecule has 4 rings (SSSR count). The summed E-state index contributed by atoms with van der Waals surface area (Å²) >= 11 is 0. The second-order valence-corrected chi connectivity index (χ2v) is 8.42. The van der Waals surface area contributed by atoms with Crippen LogP contribution >= 0.6 is 0 Å². The van der Waals surface area contributed by atoms with Crippen LogP contribution in [-0.2, 0) is 10.2 Å². The van der Waals surface area contributed by atoms with Gasteiger partial charge in [0, 0.05) is 12.8 Å². The van der Waals surface area contributed by atoms with Gasteiger partial charge in [0.2, 0.25) is 5.95 Å². The Labute approximate surface area is 174 Å². The van der Waals surface area contributed by atoms with Crippen molar-refractivity contribution in [1.29, 1.82) is 0 Å². The number of aliphatic hydroxyl groups is 1. The molecule has 3 aromatic rings. The standard InChI is InChI=1S/C22H24FN5O2/c1-5-14-19(23)17-11-25-21(26-15-8-9-30-12-18(15)29)27-28(17)20(14)16-7-6-13(10-24-16)22(2,3)4/h1,6-7,10-11,15,18,29H,8-9,12H2,2-4H3,(H,26,27)/t15-,18-/m1/s1. The van der Waals surface area contributed by atoms with Crippen LogP contribution in [0.1, 0.15) is 38.3 Å². The van der Waals surface area contributed by atoms with E-state index in [1.165, 1.54) is 10.7 Å². The van der Waals surface area contributed by atoms with E-state index in [-0.39, 0.29) is 35.1 Å². The van der Waals surface area contributed by atoms with Gasteiger partial charge in [-0.25, -0.2) is 13.9 Å². The van der Waals surface area contributed by atoms with Crippen LogP contribution in [-0.4, -0.2) is 50.0 Å². The van der Waals surface area contributed by atoms with E-state index in [4.69, 9.17) is 11.2 Å². The van der Waals surface area contributed by atoms with E-state index in [1.54, 1.807) is 6.20 Å². The lowest BCUT2D eigenvalue weighted by molar-refractivity contribution is -0.0136. The molecule has 0 spiro atoms. The zero-order chi connectivity index (χ0) is 21.5. The number of nitrogens with one attached hydrogen (secondary N) is 1. The van der Waals surface area contributed by atoms with Crippen LogP contribution in [0.4, 0.5) is 10.3 Å². The van der Waals surface area contributed by atoms with Crippen molar-refractivity contribution < 1.29 is 14.2 Å². The maximum Gasteiger partial charge on any atom is 0.241 e. The lowest BCUT2D eigenvalue weighted by Gasteiger charge is -2.28. The van der Waals surface area contributed by atoms with E-state index in [1.807, 2.05) is 12.1 Å². The molecule has 0 unspecified atom stereocenters. The number of rotatable bonds is 3. The Hall–Kier alpha value is -3.02. The van der Waals surface area contributed by atoms with Gasteiger partial charge in [0.1, 0.15) is 11.2 Å². The highest BCUT2D eigenvalue weighted by atomic mass is 19.1. The van der Waals surface area contributed by atoms with Crippen LogP contribution in [0.3, 0.4) is 0 Å². The second kappa shape index (κ2) is 7.67. The summed E-state index contributed by atoms with van der Waals surface area (Å²) in [4.78, 5) is 8.73. The number of nitrogens with zero attached hydrogens (tertiary/aromatic N) is 4. The predicted molar refractivity (Wildman–Crippen MR) is 112 cm³/mol. The fourth-order valence-corrected chi connectivity index (χ4v) is 3.48. The van der Waals surface area contributed by atoms with Crippen molar-refractivity contribution in [3.8, 4) is 23.7 Å². The highest BCUT2D eigenvalue weighted by Gasteiger charge is 2.26. The minimum Gasteiger partial charge on any atom is -0.389 e. The van der Waals surface area contributed by atoms with Gasteiger partial charge in [-0.1, -0.05) is 32.8 Å². The maximum absolute atomic E-state index is 14.9. The van der Waals surface area contributed by atoms with Gasteiger partial charge in [-0.05, 0) is 23.5 Å². The van der Waals surface area contributed by atoms with Gasteiger partial charge < -0.3 is 15.2 Å². The Morgan fingerprint density at radius 3 is 2.73 bits per heavy atom. The summed E-state index contributed by atoms with van der Waals surface area (Å²) in [5.41, 5.74) is 2.16. The number of halogens is 1. The van der Waals surface area contributed by atoms with Crippen molar-refractivity contribution in [3.63, 3.8) is 0 Å². The summed E-state index contributed by atoms with van der Waals surface area (Å²) in [6.07, 6.45) is 8.70. The first-order valence-corrected chi connectivity index (χ1v) is 9.82. The monoisotopic (exact) mass is 409 g/mol. The van der Waals surface area contributed by atoms with Crippen LogP contribution in [0.25, 0.3) is 16.9 Å². The van der Waals surface area contributed by atoms with Gasteiger partial charge in [0.05, 0.1) is 36.2 Å². The lowest BCUT2D eigenvalue weighted by atomic mass is 9.88. The molecule has 1 fully saturated rings. The Balaban J connectivity index is 1.79. The third-order valence-corrected chi connectivity index (χ3v) is 5.28. The van der Waals surface area contributed by atoms with E-state index in [0.29, 0.717) is 24.4 Å². The highest BCUT2D eigenvalue weighted by molar-refractivity contribution is 5.73. The first-order chi connectivity index (χ1) is 14.3. The van der Waals surface area contributed by atoms with Crippen molar-refractivity contribution >= 4 is 11.5 Å². The van der Waals surface area contributed by atoms with Crippen LogP contribution in [0.15, 0.2) is 24.5 Å². The summed E-state index contributed by atoms with van der Waals surface area (Å²) in [6.45, 7) is 7.07. The predicted octanol–water partition coefficient (Wildman–Crippen LogP) is 2.77. The number of pyridine rings is 1. The summed E-state index contributed by atoms with van der Waals surface area (Å²) < 4.78 is 21.6. The lowest BCUT2D eigenvalue weighted by Crippen LogP contribution is -2.42. The Morgan fingerprint density at radius 1 is 1.30 bits per heavy atom. The van der Waals surface area contributed by atoms with E-state index < -0.39 is 11.9 Å². The molecule has 30 heavy (non-hydrogen) atoms. The topological polar surface area (TPSA) is 84.6 Å². The van der Waals surface area contributed by atoms with E-state index in [0.717, 1.165) is 5.56 Å². The number of hydrogen-bond donors (Lipinski definition) is 2. The van der Waals surface area contributed by atoms with Crippen molar-refractivity contribution in [2.24, 2.45) is 0 Å². The first-order valence-electron chi connectivity index (χ1n) is 9.82. The zero-order valence-corrected chi connectivity index (χ0v) is 17.2. The maximum atomic E-state index is 14.9. The summed E-state index contributed by atoms with van der Waals surface area (Å²) in [6, 6.07) is 3.52. The SMILES string of the molecule is C#Cc1c(F)c2cnc(N[C@@H]3CCOC[C@H]3O)nn2c1-c1ccc(C(C)(C)C)cn1. The molecule has 2 N–H and O–H groups in total. The third-order valence-electron chi connectivity index (χ3n) is 5.28. The number of ether oxygens (including phenoxy) is 1. The second-order valence-electron chi connectivity index (χ2n) is 8.42. The third kappa shape index (κ3) is 3.62. The number of hydrogen-bond acceptors (Lipinski definition) is 6. The molecule has 0 bridgehead atoms. The molecular formula is C22H24FN5O2. The number of aromatic nitrogens is 4. The average molecular weight is 409 g/mol. The summed E-state index contributed by atoms with van der Waals surface area (Å²) in [5.74, 6) is 2.12. The molecule has 0 aliphatic carbocycles. The van der Waals surface area contributed by atoms with Crippen molar-refractivity contribution in [3.05, 3.63) is 41.5 Å². The Kier molecular flexibility index (Phi) is 5.18. The normalized spacial score (nSPS) is 19.6. The van der Waals surface area contributed by atoms with Gasteiger partial charge in [0.25, 0.3) is 0 Å². The Bertz CT molecular complexity index is 1110. The highest BCUT2D eigenvalue weighted by Crippen LogP contribution is 2.30. The molecule has 0 radical (unpaired) electrons. The smallest absolute Gasteiger partial charge is 0.241 e. The number of fused-ring (bicyclic) bond motifs is 1. The Morgan fingerprint density at radius 2 is 2.10 bits per heavy atom. The van der Waals surface area contributed by atoms with E-state index >= 15 is 0 Å². The summed E-state index contributed by atoms with van der Waals surface area (Å²) in [7, 11) is 0. The van der Waals surface area contributed by atoms with E-state index in [9.17, 15) is 9.50 Å². The number of aliphatic hydroxyl groups excluding tert-OH is 1. The van der Waals surface area contributed by atoms with Gasteiger partial charge in [-0.3, -0.25) is 4.98 Å². The average Bonchev–Trinajstić information content (AvgIpc) is 3.00. The summed E-state index contributed by atoms with van der Waals surface area (Å²) in [5, 5.41) is 17.7. The van der Waals surface area contributed by atoms with E-state index in [2.05, 4.69) is 47.1 Å². The van der Waals surface area contributed by atoms with Crippen molar-refractivity contribution in [2.75, 3.05) is 18.5 Å². The molecule has 1 saturated heterocycles. The molecule has 4 heterocycles. The molecule has 0 aromatic carbocycles. The molecule has 156 valence electrons. The van der Waals surface area contributed by atoms with Crippen molar-refractivity contribution in [2.45, 2.75) is 44.8 Å². The van der Waals surface area contributed by atoms with Crippen LogP contribution < -0.4 is 5.32 Å². The van der Waals surface area contributed by atoms with Crippen LogP contribution in [0, 0.1) is 18.2 Å². The van der Waals surface area contributed by atoms with Gasteiger partial charge in [0.15, 0.2) is 5.82 Å². The molecule has 2 atom stereocenters. The van der Waals surface area contributed by atoms with Gasteiger partial charge in [-0.15, -0.1) is 11.5 Å². The fraction of sp³-hybridized carbons (Fsp3) is 0.409. The largest absolute Gasteiger partial charge is 0.389 e. The molecular weight excluding hydrogens is 385 g/mol. The van der Waals surface area contributed by atoms with Crippen LogP contribution in [0.2, 0.25) is 0 Å².